The van der Waals surface area contributed by atoms with Crippen LogP contribution in [0.15, 0.2) is 73.1 Å². The Labute approximate surface area is 157 Å². The van der Waals surface area contributed by atoms with E-state index >= 15 is 0 Å². The fraction of sp³-hybridized carbons (Fsp3) is 0.0952. The maximum absolute atomic E-state index is 12.3. The Morgan fingerprint density at radius 2 is 1.67 bits per heavy atom. The molecule has 6 nitrogen and oxygen atoms in total. The van der Waals surface area contributed by atoms with Crippen LogP contribution < -0.4 is 15.8 Å². The number of carbonyl (C=O) groups excluding carboxylic acids is 2. The summed E-state index contributed by atoms with van der Waals surface area (Å²) < 4.78 is 5.55. The van der Waals surface area contributed by atoms with Gasteiger partial charge in [-0.1, -0.05) is 30.3 Å². The molecular formula is C21H19N3O3. The topological polar surface area (TPSA) is 94.3 Å². The average Bonchev–Trinajstić information content (AvgIpc) is 2.72. The van der Waals surface area contributed by atoms with Gasteiger partial charge in [0.2, 0.25) is 5.91 Å². The number of aromatic nitrogens is 1. The van der Waals surface area contributed by atoms with Crippen LogP contribution in [0.2, 0.25) is 0 Å². The number of ether oxygens (including phenoxy) is 1. The summed E-state index contributed by atoms with van der Waals surface area (Å²) in [6.07, 6.45) is 3.17. The van der Waals surface area contributed by atoms with Gasteiger partial charge in [0.05, 0.1) is 12.1 Å². The lowest BCUT2D eigenvalue weighted by molar-refractivity contribution is 0.0945. The maximum atomic E-state index is 12.3. The van der Waals surface area contributed by atoms with E-state index in [9.17, 15) is 9.59 Å². The van der Waals surface area contributed by atoms with Gasteiger partial charge in [0.1, 0.15) is 12.4 Å². The highest BCUT2D eigenvalue weighted by molar-refractivity contribution is 5.95. The summed E-state index contributed by atoms with van der Waals surface area (Å²) in [6, 6.07) is 18.0. The van der Waals surface area contributed by atoms with Crippen molar-refractivity contribution in [3.63, 3.8) is 0 Å². The summed E-state index contributed by atoms with van der Waals surface area (Å²) in [4.78, 5) is 27.6. The summed E-state index contributed by atoms with van der Waals surface area (Å²) in [5, 5.41) is 2.81. The van der Waals surface area contributed by atoms with Gasteiger partial charge in [-0.05, 0) is 35.9 Å². The molecule has 0 unspecified atom stereocenters. The van der Waals surface area contributed by atoms with E-state index in [1.54, 1.807) is 36.5 Å². The normalized spacial score (nSPS) is 10.2. The van der Waals surface area contributed by atoms with Crippen molar-refractivity contribution in [2.75, 3.05) is 13.2 Å². The molecule has 0 aliphatic carbocycles. The van der Waals surface area contributed by atoms with Crippen molar-refractivity contribution in [1.29, 1.82) is 0 Å². The molecule has 0 aliphatic rings. The average molecular weight is 361 g/mol. The van der Waals surface area contributed by atoms with Crippen LogP contribution in [0, 0.1) is 0 Å². The van der Waals surface area contributed by atoms with Gasteiger partial charge in [-0.2, -0.15) is 0 Å². The molecule has 6 heteroatoms. The van der Waals surface area contributed by atoms with Gasteiger partial charge in [-0.25, -0.2) is 0 Å². The Bertz CT molecular complexity index is 925. The summed E-state index contributed by atoms with van der Waals surface area (Å²) in [6.45, 7) is 0.753. The molecule has 1 heterocycles. The molecule has 0 saturated carbocycles. The van der Waals surface area contributed by atoms with Crippen LogP contribution in [0.4, 0.5) is 0 Å². The molecule has 3 N–H and O–H groups in total. The minimum absolute atomic E-state index is 0.227. The summed E-state index contributed by atoms with van der Waals surface area (Å²) in [7, 11) is 0. The van der Waals surface area contributed by atoms with Crippen LogP contribution in [0.25, 0.3) is 11.1 Å². The number of nitrogens with zero attached hydrogens (tertiary/aromatic N) is 1. The van der Waals surface area contributed by atoms with Crippen molar-refractivity contribution in [1.82, 2.24) is 10.3 Å². The Hall–Kier alpha value is -3.67. The second kappa shape index (κ2) is 8.62. The predicted octanol–water partition coefficient (Wildman–Crippen LogP) is 2.66. The molecule has 2 amide bonds. The van der Waals surface area contributed by atoms with Crippen LogP contribution in [-0.4, -0.2) is 29.9 Å². The second-order valence-electron chi connectivity index (χ2n) is 5.82. The van der Waals surface area contributed by atoms with E-state index in [0.29, 0.717) is 24.3 Å². The van der Waals surface area contributed by atoms with E-state index in [0.717, 1.165) is 16.9 Å². The zero-order valence-electron chi connectivity index (χ0n) is 14.6. The van der Waals surface area contributed by atoms with Crippen LogP contribution in [0.3, 0.4) is 0 Å². The Morgan fingerprint density at radius 3 is 2.37 bits per heavy atom. The SMILES string of the molecule is NC(=O)c1ccc(-c2cncc(C(=O)NCCOc3ccccc3)c2)cc1. The lowest BCUT2D eigenvalue weighted by Gasteiger charge is -2.08. The first-order valence-electron chi connectivity index (χ1n) is 8.45. The highest BCUT2D eigenvalue weighted by atomic mass is 16.5. The van der Waals surface area contributed by atoms with Crippen molar-refractivity contribution in [2.24, 2.45) is 5.73 Å². The van der Waals surface area contributed by atoms with Gasteiger partial charge in [0, 0.05) is 23.5 Å². The minimum atomic E-state index is -0.481. The van der Waals surface area contributed by atoms with Gasteiger partial charge in [-0.3, -0.25) is 14.6 Å². The third kappa shape index (κ3) is 4.92. The van der Waals surface area contributed by atoms with Gasteiger partial charge >= 0.3 is 0 Å². The number of nitrogens with two attached hydrogens (primary N) is 1. The van der Waals surface area contributed by atoms with Gasteiger partial charge in [0.15, 0.2) is 0 Å². The van der Waals surface area contributed by atoms with Crippen LogP contribution in [-0.2, 0) is 0 Å². The quantitative estimate of drug-likeness (QED) is 0.633. The largest absolute Gasteiger partial charge is 0.492 e. The van der Waals surface area contributed by atoms with Gasteiger partial charge in [0.25, 0.3) is 5.91 Å². The van der Waals surface area contributed by atoms with E-state index in [1.165, 1.54) is 6.20 Å². The third-order valence-electron chi connectivity index (χ3n) is 3.90. The second-order valence-corrected chi connectivity index (χ2v) is 5.82. The highest BCUT2D eigenvalue weighted by Gasteiger charge is 2.08. The summed E-state index contributed by atoms with van der Waals surface area (Å²) in [5.41, 5.74) is 7.75. The molecule has 0 radical (unpaired) electrons. The molecule has 0 bridgehead atoms. The first-order chi connectivity index (χ1) is 13.1. The van der Waals surface area contributed by atoms with E-state index in [2.05, 4.69) is 10.3 Å². The standard InChI is InChI=1S/C21H19N3O3/c22-20(25)16-8-6-15(7-9-16)17-12-18(14-23-13-17)21(26)24-10-11-27-19-4-2-1-3-5-19/h1-9,12-14H,10-11H2,(H2,22,25)(H,24,26). The van der Waals surface area contributed by atoms with Crippen molar-refractivity contribution >= 4 is 11.8 Å². The number of hydrogen-bond donors (Lipinski definition) is 2. The third-order valence-corrected chi connectivity index (χ3v) is 3.90. The number of benzene rings is 2. The Kier molecular flexibility index (Phi) is 5.79. The minimum Gasteiger partial charge on any atom is -0.492 e. The highest BCUT2D eigenvalue weighted by Crippen LogP contribution is 2.20. The zero-order chi connectivity index (χ0) is 19.1. The fourth-order valence-corrected chi connectivity index (χ4v) is 2.50. The zero-order valence-corrected chi connectivity index (χ0v) is 14.6. The summed E-state index contributed by atoms with van der Waals surface area (Å²) >= 11 is 0. The number of para-hydroxylation sites is 1. The van der Waals surface area contributed by atoms with Crippen molar-refractivity contribution in [3.05, 3.63) is 84.2 Å². The van der Waals surface area contributed by atoms with Crippen molar-refractivity contribution in [2.45, 2.75) is 0 Å². The van der Waals surface area contributed by atoms with E-state index in [4.69, 9.17) is 10.5 Å². The number of pyridine rings is 1. The van der Waals surface area contributed by atoms with Crippen LogP contribution >= 0.6 is 0 Å². The Morgan fingerprint density at radius 1 is 0.926 bits per heavy atom. The lowest BCUT2D eigenvalue weighted by Crippen LogP contribution is -2.28. The summed E-state index contributed by atoms with van der Waals surface area (Å²) in [5.74, 6) is 0.0510. The molecule has 0 aliphatic heterocycles. The molecule has 0 atom stereocenters. The van der Waals surface area contributed by atoms with Crippen LogP contribution in [0.1, 0.15) is 20.7 Å². The lowest BCUT2D eigenvalue weighted by atomic mass is 10.0. The van der Waals surface area contributed by atoms with Gasteiger partial charge < -0.3 is 15.8 Å². The first-order valence-corrected chi connectivity index (χ1v) is 8.45. The molecule has 0 spiro atoms. The van der Waals surface area contributed by atoms with Gasteiger partial charge in [-0.15, -0.1) is 0 Å². The number of nitrogens with one attached hydrogen (secondary N) is 1. The number of rotatable bonds is 7. The van der Waals surface area contributed by atoms with Crippen molar-refractivity contribution in [3.8, 4) is 16.9 Å². The number of hydrogen-bond acceptors (Lipinski definition) is 4. The van der Waals surface area contributed by atoms with Crippen LogP contribution in [0.5, 0.6) is 5.75 Å². The van der Waals surface area contributed by atoms with E-state index in [1.807, 2.05) is 30.3 Å². The number of carbonyl (C=O) groups is 2. The molecular weight excluding hydrogens is 342 g/mol. The smallest absolute Gasteiger partial charge is 0.252 e. The molecule has 136 valence electrons. The maximum Gasteiger partial charge on any atom is 0.252 e. The predicted molar refractivity (Wildman–Crippen MR) is 102 cm³/mol. The molecule has 0 saturated heterocycles. The molecule has 27 heavy (non-hydrogen) atoms. The number of primary amides is 1. The molecule has 3 rings (SSSR count). The number of amides is 2. The molecule has 0 fully saturated rings. The van der Waals surface area contributed by atoms with Crippen molar-refractivity contribution < 1.29 is 14.3 Å². The molecule has 1 aromatic heterocycles. The first kappa shape index (κ1) is 18.1. The monoisotopic (exact) mass is 361 g/mol. The fourth-order valence-electron chi connectivity index (χ4n) is 2.50. The molecule has 2 aromatic carbocycles. The van der Waals surface area contributed by atoms with E-state index < -0.39 is 5.91 Å². The molecule has 3 aromatic rings. The Balaban J connectivity index is 1.59. The van der Waals surface area contributed by atoms with E-state index in [-0.39, 0.29) is 5.91 Å².